The van der Waals surface area contributed by atoms with E-state index in [-0.39, 0.29) is 18.1 Å². The summed E-state index contributed by atoms with van der Waals surface area (Å²) in [5.74, 6) is 0.261. The van der Waals surface area contributed by atoms with Crippen LogP contribution in [-0.2, 0) is 17.8 Å². The van der Waals surface area contributed by atoms with Gasteiger partial charge in [0.2, 0.25) is 5.91 Å². The molecule has 0 atom stereocenters. The van der Waals surface area contributed by atoms with Crippen molar-refractivity contribution in [3.8, 4) is 5.75 Å². The molecule has 0 radical (unpaired) electrons. The number of methoxy groups -OCH3 is 1. The Labute approximate surface area is 123 Å². The maximum atomic E-state index is 13.1. The SMILES string of the molecule is COc1ccc(C)cc1CNC(=O)Cc1cccc(F)c1. The monoisotopic (exact) mass is 287 g/mol. The van der Waals surface area contributed by atoms with Crippen LogP contribution in [0.4, 0.5) is 4.39 Å². The molecule has 0 aliphatic rings. The molecule has 110 valence electrons. The van der Waals surface area contributed by atoms with Gasteiger partial charge in [0.15, 0.2) is 0 Å². The molecule has 4 heteroatoms. The number of aryl methyl sites for hydroxylation is 1. The minimum Gasteiger partial charge on any atom is -0.496 e. The van der Waals surface area contributed by atoms with Gasteiger partial charge in [0.25, 0.3) is 0 Å². The molecule has 0 saturated carbocycles. The van der Waals surface area contributed by atoms with Crippen molar-refractivity contribution in [2.75, 3.05) is 7.11 Å². The fourth-order valence-corrected chi connectivity index (χ4v) is 2.13. The number of rotatable bonds is 5. The van der Waals surface area contributed by atoms with Crippen LogP contribution in [-0.4, -0.2) is 13.0 Å². The third kappa shape index (κ3) is 4.31. The van der Waals surface area contributed by atoms with Crippen LogP contribution in [0.5, 0.6) is 5.75 Å². The van der Waals surface area contributed by atoms with Crippen molar-refractivity contribution in [2.45, 2.75) is 19.9 Å². The van der Waals surface area contributed by atoms with Crippen LogP contribution in [0, 0.1) is 12.7 Å². The summed E-state index contributed by atoms with van der Waals surface area (Å²) in [6.45, 7) is 2.37. The van der Waals surface area contributed by atoms with E-state index in [9.17, 15) is 9.18 Å². The molecular weight excluding hydrogens is 269 g/mol. The first-order chi connectivity index (χ1) is 10.1. The van der Waals surface area contributed by atoms with Gasteiger partial charge in [-0.2, -0.15) is 0 Å². The number of ether oxygens (including phenoxy) is 1. The van der Waals surface area contributed by atoms with Gasteiger partial charge in [0.05, 0.1) is 13.5 Å². The summed E-state index contributed by atoms with van der Waals surface area (Å²) in [5.41, 5.74) is 2.68. The highest BCUT2D eigenvalue weighted by Crippen LogP contribution is 2.19. The smallest absolute Gasteiger partial charge is 0.224 e. The van der Waals surface area contributed by atoms with Gasteiger partial charge >= 0.3 is 0 Å². The van der Waals surface area contributed by atoms with Gasteiger partial charge in [-0.1, -0.05) is 29.8 Å². The van der Waals surface area contributed by atoms with Gasteiger partial charge in [-0.05, 0) is 30.7 Å². The van der Waals surface area contributed by atoms with E-state index in [1.165, 1.54) is 12.1 Å². The average molecular weight is 287 g/mol. The zero-order valence-corrected chi connectivity index (χ0v) is 12.2. The largest absolute Gasteiger partial charge is 0.496 e. The Morgan fingerprint density at radius 1 is 1.24 bits per heavy atom. The molecule has 21 heavy (non-hydrogen) atoms. The van der Waals surface area contributed by atoms with E-state index in [1.54, 1.807) is 19.2 Å². The van der Waals surface area contributed by atoms with E-state index < -0.39 is 0 Å². The molecule has 0 saturated heterocycles. The Balaban J connectivity index is 1.96. The molecule has 0 fully saturated rings. The van der Waals surface area contributed by atoms with Crippen molar-refractivity contribution in [1.29, 1.82) is 0 Å². The van der Waals surface area contributed by atoms with E-state index in [0.29, 0.717) is 12.1 Å². The van der Waals surface area contributed by atoms with E-state index in [1.807, 2.05) is 25.1 Å². The average Bonchev–Trinajstić information content (AvgIpc) is 2.45. The molecule has 1 amide bonds. The molecule has 0 bridgehead atoms. The third-order valence-corrected chi connectivity index (χ3v) is 3.17. The van der Waals surface area contributed by atoms with Gasteiger partial charge in [-0.15, -0.1) is 0 Å². The maximum Gasteiger partial charge on any atom is 0.224 e. The van der Waals surface area contributed by atoms with Gasteiger partial charge in [-0.25, -0.2) is 4.39 Å². The Morgan fingerprint density at radius 3 is 2.76 bits per heavy atom. The Bertz CT molecular complexity index is 640. The van der Waals surface area contributed by atoms with Crippen molar-refractivity contribution in [3.05, 3.63) is 65.0 Å². The topological polar surface area (TPSA) is 38.3 Å². The summed E-state index contributed by atoms with van der Waals surface area (Å²) in [6, 6.07) is 11.9. The fourth-order valence-electron chi connectivity index (χ4n) is 2.13. The van der Waals surface area contributed by atoms with E-state index in [2.05, 4.69) is 5.32 Å². The zero-order chi connectivity index (χ0) is 15.2. The number of benzene rings is 2. The van der Waals surface area contributed by atoms with Gasteiger partial charge in [-0.3, -0.25) is 4.79 Å². The first-order valence-electron chi connectivity index (χ1n) is 6.73. The highest BCUT2D eigenvalue weighted by atomic mass is 19.1. The second-order valence-corrected chi connectivity index (χ2v) is 4.90. The van der Waals surface area contributed by atoms with E-state index >= 15 is 0 Å². The number of hydrogen-bond acceptors (Lipinski definition) is 2. The lowest BCUT2D eigenvalue weighted by Gasteiger charge is -2.11. The molecule has 2 aromatic rings. The van der Waals surface area contributed by atoms with Crippen LogP contribution in [0.2, 0.25) is 0 Å². The molecule has 1 N–H and O–H groups in total. The van der Waals surface area contributed by atoms with Crippen molar-refractivity contribution in [2.24, 2.45) is 0 Å². The van der Waals surface area contributed by atoms with Crippen LogP contribution in [0.3, 0.4) is 0 Å². The maximum absolute atomic E-state index is 13.1. The number of nitrogens with one attached hydrogen (secondary N) is 1. The molecule has 0 unspecified atom stereocenters. The first kappa shape index (κ1) is 15.0. The Morgan fingerprint density at radius 2 is 2.05 bits per heavy atom. The highest BCUT2D eigenvalue weighted by molar-refractivity contribution is 5.78. The molecule has 0 spiro atoms. The van der Waals surface area contributed by atoms with Gasteiger partial charge in [0, 0.05) is 12.1 Å². The number of carbonyl (C=O) groups excluding carboxylic acids is 1. The number of carbonyl (C=O) groups is 1. The van der Waals surface area contributed by atoms with Gasteiger partial charge in [0.1, 0.15) is 11.6 Å². The van der Waals surface area contributed by atoms with Crippen molar-refractivity contribution in [1.82, 2.24) is 5.32 Å². The molecular formula is C17H18FNO2. The highest BCUT2D eigenvalue weighted by Gasteiger charge is 2.07. The van der Waals surface area contributed by atoms with E-state index in [0.717, 1.165) is 16.9 Å². The predicted octanol–water partition coefficient (Wildman–Crippen LogP) is 3.00. The summed E-state index contributed by atoms with van der Waals surface area (Å²) < 4.78 is 18.3. The summed E-state index contributed by atoms with van der Waals surface area (Å²) in [7, 11) is 1.60. The molecule has 3 nitrogen and oxygen atoms in total. The molecule has 0 aliphatic carbocycles. The van der Waals surface area contributed by atoms with Gasteiger partial charge < -0.3 is 10.1 Å². The molecule has 2 rings (SSSR count). The Hall–Kier alpha value is -2.36. The lowest BCUT2D eigenvalue weighted by molar-refractivity contribution is -0.120. The van der Waals surface area contributed by atoms with Crippen LogP contribution in [0.25, 0.3) is 0 Å². The van der Waals surface area contributed by atoms with Crippen LogP contribution < -0.4 is 10.1 Å². The van der Waals surface area contributed by atoms with Crippen molar-refractivity contribution >= 4 is 5.91 Å². The molecule has 0 aromatic heterocycles. The van der Waals surface area contributed by atoms with E-state index in [4.69, 9.17) is 4.74 Å². The van der Waals surface area contributed by atoms with Crippen LogP contribution in [0.1, 0.15) is 16.7 Å². The fraction of sp³-hybridized carbons (Fsp3) is 0.235. The lowest BCUT2D eigenvalue weighted by Crippen LogP contribution is -2.24. The summed E-state index contributed by atoms with van der Waals surface area (Å²) in [6.07, 6.45) is 0.159. The first-order valence-corrected chi connectivity index (χ1v) is 6.73. The number of hydrogen-bond donors (Lipinski definition) is 1. The normalized spacial score (nSPS) is 10.2. The molecule has 2 aromatic carbocycles. The molecule has 0 aliphatic heterocycles. The zero-order valence-electron chi connectivity index (χ0n) is 12.2. The van der Waals surface area contributed by atoms with Crippen molar-refractivity contribution in [3.63, 3.8) is 0 Å². The molecule has 0 heterocycles. The van der Waals surface area contributed by atoms with Crippen molar-refractivity contribution < 1.29 is 13.9 Å². The number of halogens is 1. The third-order valence-electron chi connectivity index (χ3n) is 3.17. The minimum absolute atomic E-state index is 0.149. The summed E-state index contributed by atoms with van der Waals surface area (Å²) in [5, 5.41) is 2.83. The second kappa shape index (κ2) is 6.88. The predicted molar refractivity (Wildman–Crippen MR) is 79.7 cm³/mol. The quantitative estimate of drug-likeness (QED) is 0.918. The van der Waals surface area contributed by atoms with Crippen LogP contribution >= 0.6 is 0 Å². The Kier molecular flexibility index (Phi) is 4.93. The lowest BCUT2D eigenvalue weighted by atomic mass is 10.1. The summed E-state index contributed by atoms with van der Waals surface area (Å²) in [4.78, 5) is 11.9. The standard InChI is InChI=1S/C17H18FNO2/c1-12-6-7-16(21-2)14(8-12)11-19-17(20)10-13-4-3-5-15(18)9-13/h3-9H,10-11H2,1-2H3,(H,19,20). The summed E-state index contributed by atoms with van der Waals surface area (Å²) >= 11 is 0. The number of amides is 1. The van der Waals surface area contributed by atoms with Crippen LogP contribution in [0.15, 0.2) is 42.5 Å². The minimum atomic E-state index is -0.333. The second-order valence-electron chi connectivity index (χ2n) is 4.90.